The fourth-order valence-electron chi connectivity index (χ4n) is 2.89. The van der Waals surface area contributed by atoms with E-state index >= 15 is 0 Å². The summed E-state index contributed by atoms with van der Waals surface area (Å²) >= 11 is 0. The molecule has 0 bridgehead atoms. The molecule has 1 rings (SSSR count). The molecular weight excluding hydrogens is 228 g/mol. The first-order valence-corrected chi connectivity index (χ1v) is 7.35. The summed E-state index contributed by atoms with van der Waals surface area (Å²) in [6, 6.07) is 0.461. The Hall–Kier alpha value is -0.610. The van der Waals surface area contributed by atoms with E-state index in [9.17, 15) is 4.79 Å². The summed E-state index contributed by atoms with van der Waals surface area (Å²) < 4.78 is 0. The molecule has 1 saturated heterocycles. The zero-order valence-corrected chi connectivity index (χ0v) is 11.9. The lowest BCUT2D eigenvalue weighted by atomic mass is 10.1. The van der Waals surface area contributed by atoms with Gasteiger partial charge in [0.15, 0.2) is 0 Å². The maximum atomic E-state index is 10.9. The van der Waals surface area contributed by atoms with Crippen molar-refractivity contribution in [1.29, 1.82) is 0 Å². The van der Waals surface area contributed by atoms with E-state index in [-0.39, 0.29) is 6.54 Å². The SMILES string of the molecule is CCCN1CCCC(N(CCC)CC(=O)O)CC1. The topological polar surface area (TPSA) is 43.8 Å². The lowest BCUT2D eigenvalue weighted by Gasteiger charge is -2.29. The van der Waals surface area contributed by atoms with Gasteiger partial charge >= 0.3 is 5.97 Å². The summed E-state index contributed by atoms with van der Waals surface area (Å²) in [7, 11) is 0. The van der Waals surface area contributed by atoms with Crippen molar-refractivity contribution in [1.82, 2.24) is 9.80 Å². The minimum atomic E-state index is -0.696. The normalized spacial score (nSPS) is 22.1. The van der Waals surface area contributed by atoms with Crippen molar-refractivity contribution < 1.29 is 9.90 Å². The van der Waals surface area contributed by atoms with Gasteiger partial charge in [-0.2, -0.15) is 0 Å². The quantitative estimate of drug-likeness (QED) is 0.757. The average molecular weight is 256 g/mol. The summed E-state index contributed by atoms with van der Waals surface area (Å²) in [4.78, 5) is 15.6. The molecule has 1 N–H and O–H groups in total. The fourth-order valence-corrected chi connectivity index (χ4v) is 2.89. The Bertz CT molecular complexity index is 246. The summed E-state index contributed by atoms with van der Waals surface area (Å²) in [6.07, 6.45) is 5.70. The highest BCUT2D eigenvalue weighted by Crippen LogP contribution is 2.17. The van der Waals surface area contributed by atoms with Crippen LogP contribution in [0.5, 0.6) is 0 Å². The molecule has 0 aromatic rings. The first kappa shape index (κ1) is 15.4. The van der Waals surface area contributed by atoms with Crippen LogP contribution in [0.15, 0.2) is 0 Å². The Balaban J connectivity index is 2.49. The Morgan fingerprint density at radius 2 is 2.06 bits per heavy atom. The van der Waals surface area contributed by atoms with Gasteiger partial charge in [0.05, 0.1) is 6.54 Å². The van der Waals surface area contributed by atoms with E-state index in [2.05, 4.69) is 23.6 Å². The molecule has 1 unspecified atom stereocenters. The molecule has 106 valence electrons. The predicted octanol–water partition coefficient (Wildman–Crippen LogP) is 2.05. The van der Waals surface area contributed by atoms with E-state index in [1.54, 1.807) is 0 Å². The number of hydrogen-bond donors (Lipinski definition) is 1. The molecule has 1 heterocycles. The zero-order chi connectivity index (χ0) is 13.4. The molecule has 18 heavy (non-hydrogen) atoms. The molecule has 0 amide bonds. The van der Waals surface area contributed by atoms with Gasteiger partial charge in [0.1, 0.15) is 0 Å². The molecule has 0 spiro atoms. The fraction of sp³-hybridized carbons (Fsp3) is 0.929. The maximum Gasteiger partial charge on any atom is 0.317 e. The van der Waals surface area contributed by atoms with Crippen molar-refractivity contribution in [3.05, 3.63) is 0 Å². The third kappa shape index (κ3) is 5.36. The number of hydrogen-bond acceptors (Lipinski definition) is 3. The number of rotatable bonds is 7. The van der Waals surface area contributed by atoms with E-state index in [0.717, 1.165) is 32.4 Å². The Labute approximate surface area is 111 Å². The lowest BCUT2D eigenvalue weighted by Crippen LogP contribution is -2.40. The molecule has 4 nitrogen and oxygen atoms in total. The van der Waals surface area contributed by atoms with Crippen molar-refractivity contribution in [2.75, 3.05) is 32.7 Å². The van der Waals surface area contributed by atoms with Crippen LogP contribution in [-0.4, -0.2) is 59.6 Å². The summed E-state index contributed by atoms with van der Waals surface area (Å²) in [5.74, 6) is -0.696. The van der Waals surface area contributed by atoms with Gasteiger partial charge < -0.3 is 10.0 Å². The van der Waals surface area contributed by atoms with Crippen molar-refractivity contribution in [3.8, 4) is 0 Å². The summed E-state index contributed by atoms with van der Waals surface area (Å²) in [5.41, 5.74) is 0. The highest BCUT2D eigenvalue weighted by atomic mass is 16.4. The zero-order valence-electron chi connectivity index (χ0n) is 11.9. The van der Waals surface area contributed by atoms with Gasteiger partial charge in [0.2, 0.25) is 0 Å². The van der Waals surface area contributed by atoms with Crippen LogP contribution >= 0.6 is 0 Å². The number of aliphatic carboxylic acids is 1. The molecular formula is C14H28N2O2. The van der Waals surface area contributed by atoms with Crippen molar-refractivity contribution in [2.45, 2.75) is 52.0 Å². The van der Waals surface area contributed by atoms with Crippen LogP contribution < -0.4 is 0 Å². The second-order valence-electron chi connectivity index (χ2n) is 5.29. The minimum absolute atomic E-state index is 0.201. The van der Waals surface area contributed by atoms with Gasteiger partial charge in [-0.25, -0.2) is 0 Å². The number of carboxylic acids is 1. The van der Waals surface area contributed by atoms with Gasteiger partial charge in [0.25, 0.3) is 0 Å². The van der Waals surface area contributed by atoms with Gasteiger partial charge in [-0.1, -0.05) is 13.8 Å². The van der Waals surface area contributed by atoms with E-state index in [0.29, 0.717) is 6.04 Å². The van der Waals surface area contributed by atoms with E-state index in [1.807, 2.05) is 0 Å². The first-order valence-electron chi connectivity index (χ1n) is 7.35. The van der Waals surface area contributed by atoms with Crippen LogP contribution in [0.1, 0.15) is 46.0 Å². The van der Waals surface area contributed by atoms with Gasteiger partial charge in [0, 0.05) is 6.04 Å². The lowest BCUT2D eigenvalue weighted by molar-refractivity contribution is -0.139. The minimum Gasteiger partial charge on any atom is -0.480 e. The second-order valence-corrected chi connectivity index (χ2v) is 5.29. The standard InChI is InChI=1S/C14H28N2O2/c1-3-8-15-10-5-6-13(7-11-15)16(9-4-2)12-14(17)18/h13H,3-12H2,1-2H3,(H,17,18). The average Bonchev–Trinajstić information content (AvgIpc) is 2.54. The van der Waals surface area contributed by atoms with Crippen molar-refractivity contribution in [3.63, 3.8) is 0 Å². The van der Waals surface area contributed by atoms with Crippen molar-refractivity contribution in [2.24, 2.45) is 0 Å². The van der Waals surface area contributed by atoms with Gasteiger partial charge in [-0.15, -0.1) is 0 Å². The van der Waals surface area contributed by atoms with Crippen LogP contribution in [-0.2, 0) is 4.79 Å². The number of likely N-dealkylation sites (tertiary alicyclic amines) is 1. The van der Waals surface area contributed by atoms with Gasteiger partial charge in [-0.05, 0) is 58.3 Å². The molecule has 0 aliphatic carbocycles. The number of carboxylic acid groups (broad SMARTS) is 1. The van der Waals surface area contributed by atoms with Crippen molar-refractivity contribution >= 4 is 5.97 Å². The van der Waals surface area contributed by atoms with Crippen LogP contribution in [0.3, 0.4) is 0 Å². The molecule has 0 aromatic heterocycles. The maximum absolute atomic E-state index is 10.9. The number of nitrogens with zero attached hydrogens (tertiary/aromatic N) is 2. The third-order valence-electron chi connectivity index (χ3n) is 3.70. The number of carbonyl (C=O) groups is 1. The molecule has 0 aromatic carbocycles. The van der Waals surface area contributed by atoms with Crippen LogP contribution in [0.25, 0.3) is 0 Å². The molecule has 1 aliphatic rings. The molecule has 0 radical (unpaired) electrons. The Kier molecular flexibility index (Phi) is 7.28. The van der Waals surface area contributed by atoms with Crippen LogP contribution in [0.4, 0.5) is 0 Å². The highest BCUT2D eigenvalue weighted by Gasteiger charge is 2.23. The molecule has 1 atom stereocenters. The smallest absolute Gasteiger partial charge is 0.317 e. The van der Waals surface area contributed by atoms with Crippen LogP contribution in [0.2, 0.25) is 0 Å². The molecule has 1 aliphatic heterocycles. The van der Waals surface area contributed by atoms with Crippen LogP contribution in [0, 0.1) is 0 Å². The third-order valence-corrected chi connectivity index (χ3v) is 3.70. The first-order chi connectivity index (χ1) is 8.67. The molecule has 4 heteroatoms. The molecule has 0 saturated carbocycles. The van der Waals surface area contributed by atoms with Gasteiger partial charge in [-0.3, -0.25) is 9.69 Å². The Morgan fingerprint density at radius 1 is 1.28 bits per heavy atom. The van der Waals surface area contributed by atoms with E-state index in [4.69, 9.17) is 5.11 Å². The highest BCUT2D eigenvalue weighted by molar-refractivity contribution is 5.69. The largest absolute Gasteiger partial charge is 0.480 e. The monoisotopic (exact) mass is 256 g/mol. The van der Waals surface area contributed by atoms with E-state index in [1.165, 1.54) is 25.9 Å². The predicted molar refractivity (Wildman–Crippen MR) is 73.9 cm³/mol. The second kappa shape index (κ2) is 8.48. The van der Waals surface area contributed by atoms with E-state index < -0.39 is 5.97 Å². The summed E-state index contributed by atoms with van der Waals surface area (Å²) in [5, 5.41) is 9.00. The molecule has 1 fully saturated rings. The Morgan fingerprint density at radius 3 is 2.67 bits per heavy atom. The summed E-state index contributed by atoms with van der Waals surface area (Å²) in [6.45, 7) is 8.93.